The maximum Gasteiger partial charge on any atom is 0.317 e. The van der Waals surface area contributed by atoms with Crippen molar-refractivity contribution in [2.24, 2.45) is 0 Å². The summed E-state index contributed by atoms with van der Waals surface area (Å²) in [5.41, 5.74) is 2.66. The summed E-state index contributed by atoms with van der Waals surface area (Å²) in [5.74, 6) is 0. The van der Waals surface area contributed by atoms with Gasteiger partial charge in [0, 0.05) is 19.1 Å². The van der Waals surface area contributed by atoms with Crippen LogP contribution in [0.1, 0.15) is 31.4 Å². The van der Waals surface area contributed by atoms with Gasteiger partial charge in [0.25, 0.3) is 0 Å². The molecule has 0 saturated carbocycles. The van der Waals surface area contributed by atoms with Crippen molar-refractivity contribution in [3.63, 3.8) is 0 Å². The summed E-state index contributed by atoms with van der Waals surface area (Å²) in [6, 6.07) is 8.65. The van der Waals surface area contributed by atoms with Crippen LogP contribution >= 0.6 is 0 Å². The summed E-state index contributed by atoms with van der Waals surface area (Å²) in [5, 5.41) is 2.96. The fourth-order valence-corrected chi connectivity index (χ4v) is 2.21. The molecule has 3 nitrogen and oxygen atoms in total. The molecule has 0 spiro atoms. The van der Waals surface area contributed by atoms with E-state index >= 15 is 0 Å². The van der Waals surface area contributed by atoms with Crippen LogP contribution in [0.15, 0.2) is 24.3 Å². The van der Waals surface area contributed by atoms with Crippen molar-refractivity contribution in [2.75, 3.05) is 6.54 Å². The summed E-state index contributed by atoms with van der Waals surface area (Å²) in [6.45, 7) is 5.55. The fourth-order valence-electron chi connectivity index (χ4n) is 2.21. The number of rotatable bonds is 1. The van der Waals surface area contributed by atoms with Crippen molar-refractivity contribution in [1.82, 2.24) is 10.2 Å². The molecule has 1 aromatic rings. The number of nitrogens with one attached hydrogen (secondary N) is 1. The van der Waals surface area contributed by atoms with Gasteiger partial charge in [-0.1, -0.05) is 24.3 Å². The predicted molar refractivity (Wildman–Crippen MR) is 68.8 cm³/mol. The topological polar surface area (TPSA) is 32.3 Å². The van der Waals surface area contributed by atoms with E-state index in [0.29, 0.717) is 0 Å². The molecule has 0 aromatic heterocycles. The highest BCUT2D eigenvalue weighted by atomic mass is 16.2. The van der Waals surface area contributed by atoms with Crippen LogP contribution in [0.2, 0.25) is 0 Å². The van der Waals surface area contributed by atoms with Crippen molar-refractivity contribution in [1.29, 1.82) is 0 Å². The maximum absolute atomic E-state index is 12.0. The minimum atomic E-state index is 0.0525. The zero-order valence-corrected chi connectivity index (χ0v) is 10.6. The van der Waals surface area contributed by atoms with Gasteiger partial charge < -0.3 is 10.2 Å². The van der Waals surface area contributed by atoms with Crippen LogP contribution in [-0.4, -0.2) is 23.5 Å². The van der Waals surface area contributed by atoms with Gasteiger partial charge in [0.05, 0.1) is 0 Å². The fraction of sp³-hybridized carbons (Fsp3) is 0.500. The summed E-state index contributed by atoms with van der Waals surface area (Å²) in [6.07, 6.45) is 2.12. The van der Waals surface area contributed by atoms with Crippen molar-refractivity contribution >= 4 is 6.03 Å². The SMILES string of the molecule is CC(C)NC(=O)N1CCCc2ccccc2C1. The van der Waals surface area contributed by atoms with E-state index in [0.717, 1.165) is 25.9 Å². The molecular weight excluding hydrogens is 212 g/mol. The Bertz CT molecular complexity index is 401. The molecule has 1 aromatic carbocycles. The third kappa shape index (κ3) is 2.99. The molecule has 3 heteroatoms. The van der Waals surface area contributed by atoms with Gasteiger partial charge in [-0.3, -0.25) is 0 Å². The van der Waals surface area contributed by atoms with Gasteiger partial charge in [-0.25, -0.2) is 4.79 Å². The van der Waals surface area contributed by atoms with E-state index in [-0.39, 0.29) is 12.1 Å². The highest BCUT2D eigenvalue weighted by Gasteiger charge is 2.18. The Balaban J connectivity index is 2.10. The van der Waals surface area contributed by atoms with E-state index in [9.17, 15) is 4.79 Å². The lowest BCUT2D eigenvalue weighted by Gasteiger charge is -2.22. The Morgan fingerprint density at radius 1 is 1.29 bits per heavy atom. The second kappa shape index (κ2) is 5.21. The highest BCUT2D eigenvalue weighted by Crippen LogP contribution is 2.18. The van der Waals surface area contributed by atoms with E-state index in [2.05, 4.69) is 23.5 Å². The van der Waals surface area contributed by atoms with Crippen LogP contribution in [0, 0.1) is 0 Å². The number of urea groups is 1. The summed E-state index contributed by atoms with van der Waals surface area (Å²) >= 11 is 0. The second-order valence-corrected chi connectivity index (χ2v) is 4.90. The minimum absolute atomic E-state index is 0.0525. The average molecular weight is 232 g/mol. The number of fused-ring (bicyclic) bond motifs is 1. The molecule has 0 bridgehead atoms. The zero-order valence-electron chi connectivity index (χ0n) is 10.6. The van der Waals surface area contributed by atoms with Crippen molar-refractivity contribution in [3.05, 3.63) is 35.4 Å². The highest BCUT2D eigenvalue weighted by molar-refractivity contribution is 5.74. The number of carbonyl (C=O) groups excluding carboxylic acids is 1. The molecule has 0 aliphatic carbocycles. The van der Waals surface area contributed by atoms with Crippen LogP contribution in [0.3, 0.4) is 0 Å². The number of hydrogen-bond donors (Lipinski definition) is 1. The number of nitrogens with zero attached hydrogens (tertiary/aromatic N) is 1. The number of aryl methyl sites for hydroxylation is 1. The molecule has 0 unspecified atom stereocenters. The van der Waals surface area contributed by atoms with E-state index in [1.54, 1.807) is 0 Å². The Labute approximate surface area is 103 Å². The third-order valence-electron chi connectivity index (χ3n) is 3.05. The smallest absolute Gasteiger partial charge is 0.317 e. The molecule has 1 aliphatic heterocycles. The normalized spacial score (nSPS) is 15.4. The van der Waals surface area contributed by atoms with E-state index in [4.69, 9.17) is 0 Å². The number of amides is 2. The van der Waals surface area contributed by atoms with Gasteiger partial charge in [-0.15, -0.1) is 0 Å². The van der Waals surface area contributed by atoms with Crippen LogP contribution in [0.25, 0.3) is 0 Å². The van der Waals surface area contributed by atoms with Gasteiger partial charge >= 0.3 is 6.03 Å². The van der Waals surface area contributed by atoms with E-state index < -0.39 is 0 Å². The van der Waals surface area contributed by atoms with Crippen LogP contribution in [0.5, 0.6) is 0 Å². The molecule has 1 N–H and O–H groups in total. The molecule has 0 atom stereocenters. The van der Waals surface area contributed by atoms with Crippen molar-refractivity contribution < 1.29 is 4.79 Å². The number of benzene rings is 1. The zero-order chi connectivity index (χ0) is 12.3. The van der Waals surface area contributed by atoms with Gasteiger partial charge in [-0.05, 0) is 37.8 Å². The Morgan fingerprint density at radius 3 is 2.71 bits per heavy atom. The van der Waals surface area contributed by atoms with Crippen molar-refractivity contribution in [2.45, 2.75) is 39.3 Å². The lowest BCUT2D eigenvalue weighted by atomic mass is 10.0. The summed E-state index contributed by atoms with van der Waals surface area (Å²) in [4.78, 5) is 13.9. The molecule has 1 aliphatic rings. The first-order valence-corrected chi connectivity index (χ1v) is 6.29. The van der Waals surface area contributed by atoms with Gasteiger partial charge in [0.2, 0.25) is 0 Å². The van der Waals surface area contributed by atoms with Gasteiger partial charge in [-0.2, -0.15) is 0 Å². The standard InChI is InChI=1S/C14H20N2O/c1-11(2)15-14(17)16-9-5-8-12-6-3-4-7-13(12)10-16/h3-4,6-7,11H,5,8-10H2,1-2H3,(H,15,17). The predicted octanol–water partition coefficient (Wildman–Crippen LogP) is 2.55. The van der Waals surface area contributed by atoms with E-state index in [1.165, 1.54) is 11.1 Å². The third-order valence-corrected chi connectivity index (χ3v) is 3.05. The van der Waals surface area contributed by atoms with E-state index in [1.807, 2.05) is 24.8 Å². The van der Waals surface area contributed by atoms with Crippen LogP contribution < -0.4 is 5.32 Å². The second-order valence-electron chi connectivity index (χ2n) is 4.90. The molecular formula is C14H20N2O. The number of carbonyl (C=O) groups is 1. The molecule has 2 rings (SSSR count). The van der Waals surface area contributed by atoms with Gasteiger partial charge in [0.15, 0.2) is 0 Å². The Kier molecular flexibility index (Phi) is 3.67. The molecule has 1 heterocycles. The van der Waals surface area contributed by atoms with Crippen molar-refractivity contribution in [3.8, 4) is 0 Å². The lowest BCUT2D eigenvalue weighted by Crippen LogP contribution is -2.42. The first kappa shape index (κ1) is 12.0. The Morgan fingerprint density at radius 2 is 2.00 bits per heavy atom. The minimum Gasteiger partial charge on any atom is -0.336 e. The largest absolute Gasteiger partial charge is 0.336 e. The molecule has 0 fully saturated rings. The molecule has 2 amide bonds. The summed E-state index contributed by atoms with van der Waals surface area (Å²) in [7, 11) is 0. The lowest BCUT2D eigenvalue weighted by molar-refractivity contribution is 0.193. The Hall–Kier alpha value is -1.51. The number of hydrogen-bond acceptors (Lipinski definition) is 1. The monoisotopic (exact) mass is 232 g/mol. The van der Waals surface area contributed by atoms with Crippen LogP contribution in [-0.2, 0) is 13.0 Å². The molecule has 0 radical (unpaired) electrons. The average Bonchev–Trinajstić information content (AvgIpc) is 2.49. The first-order chi connectivity index (χ1) is 8.16. The first-order valence-electron chi connectivity index (χ1n) is 6.29. The molecule has 17 heavy (non-hydrogen) atoms. The summed E-state index contributed by atoms with van der Waals surface area (Å²) < 4.78 is 0. The maximum atomic E-state index is 12.0. The molecule has 92 valence electrons. The quantitative estimate of drug-likeness (QED) is 0.793. The van der Waals surface area contributed by atoms with Crippen LogP contribution in [0.4, 0.5) is 4.79 Å². The van der Waals surface area contributed by atoms with Gasteiger partial charge in [0.1, 0.15) is 0 Å². The molecule has 0 saturated heterocycles.